The van der Waals surface area contributed by atoms with Crippen molar-refractivity contribution in [3.05, 3.63) is 12.7 Å². The van der Waals surface area contributed by atoms with Crippen LogP contribution in [-0.2, 0) is 0 Å². The van der Waals surface area contributed by atoms with Crippen LogP contribution >= 0.6 is 0 Å². The molecule has 0 spiro atoms. The van der Waals surface area contributed by atoms with Crippen LogP contribution in [0.4, 0.5) is 0 Å². The van der Waals surface area contributed by atoms with Gasteiger partial charge in [-0.3, -0.25) is 0 Å². The minimum Gasteiger partial charge on any atom is -0.317 e. The Kier molecular flexibility index (Phi) is 8.51. The summed E-state index contributed by atoms with van der Waals surface area (Å²) in [6, 6.07) is 0. The first-order valence-corrected chi connectivity index (χ1v) is 7.25. The van der Waals surface area contributed by atoms with Crippen LogP contribution in [0.3, 0.4) is 0 Å². The first-order valence-electron chi connectivity index (χ1n) is 7.25. The molecule has 94 valence electrons. The van der Waals surface area contributed by atoms with Gasteiger partial charge in [0.1, 0.15) is 0 Å². The Hall–Kier alpha value is -0.300. The number of hydrogen-bond acceptors (Lipinski definition) is 1. The third kappa shape index (κ3) is 7.05. The van der Waals surface area contributed by atoms with Gasteiger partial charge in [-0.1, -0.05) is 44.6 Å². The van der Waals surface area contributed by atoms with Crippen LogP contribution in [0, 0.1) is 5.92 Å². The van der Waals surface area contributed by atoms with Crippen LogP contribution in [0.1, 0.15) is 64.2 Å². The molecule has 0 aromatic carbocycles. The average Bonchev–Trinajstić information content (AvgIpc) is 2.34. The Morgan fingerprint density at radius 2 is 1.81 bits per heavy atom. The summed E-state index contributed by atoms with van der Waals surface area (Å²) in [6.45, 7) is 6.20. The van der Waals surface area contributed by atoms with Gasteiger partial charge in [-0.2, -0.15) is 0 Å². The van der Waals surface area contributed by atoms with E-state index in [0.717, 1.165) is 5.92 Å². The quantitative estimate of drug-likeness (QED) is 0.454. The van der Waals surface area contributed by atoms with Crippen molar-refractivity contribution < 1.29 is 0 Å². The molecule has 1 saturated carbocycles. The molecule has 1 rings (SSSR count). The fourth-order valence-electron chi connectivity index (χ4n) is 2.62. The molecule has 0 bridgehead atoms. The third-order valence-corrected chi connectivity index (χ3v) is 3.72. The zero-order valence-corrected chi connectivity index (χ0v) is 10.8. The van der Waals surface area contributed by atoms with Crippen LogP contribution < -0.4 is 5.32 Å². The van der Waals surface area contributed by atoms with Gasteiger partial charge in [0.05, 0.1) is 0 Å². The minimum absolute atomic E-state index is 1.03. The number of rotatable bonds is 9. The number of hydrogen-bond donors (Lipinski definition) is 1. The molecule has 1 aliphatic rings. The lowest BCUT2D eigenvalue weighted by molar-refractivity contribution is 0.333. The second-order valence-electron chi connectivity index (χ2n) is 5.18. The maximum atomic E-state index is 3.74. The molecule has 0 aliphatic heterocycles. The van der Waals surface area contributed by atoms with Crippen molar-refractivity contribution in [2.45, 2.75) is 64.2 Å². The molecule has 1 N–H and O–H groups in total. The van der Waals surface area contributed by atoms with Gasteiger partial charge in [0.2, 0.25) is 0 Å². The summed E-state index contributed by atoms with van der Waals surface area (Å²) in [7, 11) is 0. The maximum absolute atomic E-state index is 3.74. The molecular formula is C15H29N. The molecule has 0 aromatic heterocycles. The Labute approximate surface area is 102 Å². The standard InChI is InChI=1S/C15H29N/c1-2-3-4-5-9-13-16-14-12-15-10-7-6-8-11-15/h2,15-16H,1,3-14H2. The minimum atomic E-state index is 1.03. The molecule has 0 amide bonds. The molecule has 1 fully saturated rings. The zero-order valence-electron chi connectivity index (χ0n) is 10.8. The van der Waals surface area contributed by atoms with Gasteiger partial charge >= 0.3 is 0 Å². The third-order valence-electron chi connectivity index (χ3n) is 3.72. The van der Waals surface area contributed by atoms with E-state index >= 15 is 0 Å². The molecule has 1 heteroatoms. The molecule has 0 atom stereocenters. The molecule has 1 aliphatic carbocycles. The van der Waals surface area contributed by atoms with E-state index in [1.807, 2.05) is 6.08 Å². The van der Waals surface area contributed by atoms with Crippen LogP contribution in [0.15, 0.2) is 12.7 Å². The highest BCUT2D eigenvalue weighted by atomic mass is 14.8. The normalized spacial score (nSPS) is 17.5. The molecule has 0 radical (unpaired) electrons. The Bertz CT molecular complexity index is 159. The van der Waals surface area contributed by atoms with Gasteiger partial charge in [0.25, 0.3) is 0 Å². The second kappa shape index (κ2) is 9.89. The van der Waals surface area contributed by atoms with Gasteiger partial charge in [-0.25, -0.2) is 0 Å². The largest absolute Gasteiger partial charge is 0.317 e. The van der Waals surface area contributed by atoms with Crippen molar-refractivity contribution in [1.82, 2.24) is 5.32 Å². The monoisotopic (exact) mass is 223 g/mol. The SMILES string of the molecule is C=CCCCCCNCCC1CCCCC1. The predicted octanol–water partition coefficient (Wildman–Crippen LogP) is 4.29. The average molecular weight is 223 g/mol. The van der Waals surface area contributed by atoms with Crippen molar-refractivity contribution in [1.29, 1.82) is 0 Å². The van der Waals surface area contributed by atoms with Crippen LogP contribution in [0.25, 0.3) is 0 Å². The summed E-state index contributed by atoms with van der Waals surface area (Å²) in [6.07, 6.45) is 16.0. The van der Waals surface area contributed by atoms with E-state index in [4.69, 9.17) is 0 Å². The van der Waals surface area contributed by atoms with Gasteiger partial charge in [0, 0.05) is 0 Å². The summed E-state index contributed by atoms with van der Waals surface area (Å²) in [5.41, 5.74) is 0. The van der Waals surface area contributed by atoms with E-state index in [9.17, 15) is 0 Å². The molecule has 0 unspecified atom stereocenters. The highest BCUT2D eigenvalue weighted by molar-refractivity contribution is 4.67. The summed E-state index contributed by atoms with van der Waals surface area (Å²) in [5, 5.41) is 3.58. The number of unbranched alkanes of at least 4 members (excludes halogenated alkanes) is 3. The second-order valence-corrected chi connectivity index (χ2v) is 5.18. The van der Waals surface area contributed by atoms with Gasteiger partial charge in [0.15, 0.2) is 0 Å². The van der Waals surface area contributed by atoms with E-state index in [0.29, 0.717) is 0 Å². The van der Waals surface area contributed by atoms with E-state index in [1.165, 1.54) is 77.3 Å². The van der Waals surface area contributed by atoms with Crippen molar-refractivity contribution in [2.24, 2.45) is 5.92 Å². The van der Waals surface area contributed by atoms with Crippen LogP contribution in [0.2, 0.25) is 0 Å². The lowest BCUT2D eigenvalue weighted by Crippen LogP contribution is -2.20. The fourth-order valence-corrected chi connectivity index (χ4v) is 2.62. The van der Waals surface area contributed by atoms with Crippen molar-refractivity contribution in [2.75, 3.05) is 13.1 Å². The highest BCUT2D eigenvalue weighted by Gasteiger charge is 2.12. The molecule has 0 heterocycles. The number of allylic oxidation sites excluding steroid dienone is 1. The van der Waals surface area contributed by atoms with Gasteiger partial charge in [-0.05, 0) is 44.7 Å². The summed E-state index contributed by atoms with van der Waals surface area (Å²) >= 11 is 0. The fraction of sp³-hybridized carbons (Fsp3) is 0.867. The summed E-state index contributed by atoms with van der Waals surface area (Å²) in [4.78, 5) is 0. The molecule has 1 nitrogen and oxygen atoms in total. The Balaban J connectivity index is 1.78. The Morgan fingerprint density at radius 3 is 2.56 bits per heavy atom. The summed E-state index contributed by atoms with van der Waals surface area (Å²) in [5.74, 6) is 1.03. The van der Waals surface area contributed by atoms with Crippen molar-refractivity contribution in [3.8, 4) is 0 Å². The molecule has 0 saturated heterocycles. The van der Waals surface area contributed by atoms with E-state index in [-0.39, 0.29) is 0 Å². The summed E-state index contributed by atoms with van der Waals surface area (Å²) < 4.78 is 0. The first-order chi connectivity index (χ1) is 7.93. The van der Waals surface area contributed by atoms with Gasteiger partial charge < -0.3 is 5.32 Å². The van der Waals surface area contributed by atoms with E-state index < -0.39 is 0 Å². The zero-order chi connectivity index (χ0) is 11.5. The van der Waals surface area contributed by atoms with Crippen molar-refractivity contribution >= 4 is 0 Å². The highest BCUT2D eigenvalue weighted by Crippen LogP contribution is 2.25. The lowest BCUT2D eigenvalue weighted by atomic mass is 9.87. The van der Waals surface area contributed by atoms with Crippen LogP contribution in [-0.4, -0.2) is 13.1 Å². The number of nitrogens with one attached hydrogen (secondary N) is 1. The molecule has 0 aromatic rings. The van der Waals surface area contributed by atoms with Gasteiger partial charge in [-0.15, -0.1) is 6.58 Å². The topological polar surface area (TPSA) is 12.0 Å². The van der Waals surface area contributed by atoms with E-state index in [1.54, 1.807) is 0 Å². The Morgan fingerprint density at radius 1 is 1.00 bits per heavy atom. The predicted molar refractivity (Wildman–Crippen MR) is 72.7 cm³/mol. The molecule has 16 heavy (non-hydrogen) atoms. The smallest absolute Gasteiger partial charge is 0.00463 e. The van der Waals surface area contributed by atoms with Crippen LogP contribution in [0.5, 0.6) is 0 Å². The lowest BCUT2D eigenvalue weighted by Gasteiger charge is -2.21. The first kappa shape index (κ1) is 13.8. The molecular weight excluding hydrogens is 194 g/mol. The maximum Gasteiger partial charge on any atom is -0.00463 e. The van der Waals surface area contributed by atoms with E-state index in [2.05, 4.69) is 11.9 Å². The van der Waals surface area contributed by atoms with Crippen molar-refractivity contribution in [3.63, 3.8) is 0 Å².